The van der Waals surface area contributed by atoms with Gasteiger partial charge in [-0.25, -0.2) is 0 Å². The number of esters is 1. The van der Waals surface area contributed by atoms with E-state index in [1.807, 2.05) is 75.4 Å². The molecule has 158 valence electrons. The van der Waals surface area contributed by atoms with Gasteiger partial charge in [0.25, 0.3) is 0 Å². The van der Waals surface area contributed by atoms with E-state index >= 15 is 0 Å². The number of hydrogen-bond donors (Lipinski definition) is 0. The Morgan fingerprint density at radius 3 is 1.81 bits per heavy atom. The molecule has 1 fully saturated rings. The van der Waals surface area contributed by atoms with Crippen LogP contribution in [0.15, 0.2) is 97.1 Å². The fourth-order valence-electron chi connectivity index (χ4n) is 3.88. The van der Waals surface area contributed by atoms with Gasteiger partial charge >= 0.3 is 5.97 Å². The van der Waals surface area contributed by atoms with Gasteiger partial charge in [-0.15, -0.1) is 0 Å². The molecule has 0 aliphatic carbocycles. The molecule has 3 nitrogen and oxygen atoms in total. The Morgan fingerprint density at radius 1 is 0.839 bits per heavy atom. The van der Waals surface area contributed by atoms with Gasteiger partial charge in [0.2, 0.25) is 0 Å². The fourth-order valence-corrected chi connectivity index (χ4v) is 3.88. The van der Waals surface area contributed by atoms with E-state index in [2.05, 4.69) is 47.4 Å². The highest BCUT2D eigenvalue weighted by Gasteiger charge is 2.53. The van der Waals surface area contributed by atoms with E-state index in [1.54, 1.807) is 0 Å². The number of rotatable bonds is 6. The zero-order valence-corrected chi connectivity index (χ0v) is 18.4. The van der Waals surface area contributed by atoms with E-state index in [0.29, 0.717) is 6.54 Å². The van der Waals surface area contributed by atoms with E-state index in [4.69, 9.17) is 4.74 Å². The van der Waals surface area contributed by atoms with Crippen molar-refractivity contribution in [2.24, 2.45) is 0 Å². The normalized spacial score (nSPS) is 20.0. The second-order valence-electron chi connectivity index (χ2n) is 8.94. The average molecular weight is 412 g/mol. The molecule has 31 heavy (non-hydrogen) atoms. The molecule has 1 heterocycles. The molecule has 3 atom stereocenters. The lowest BCUT2D eigenvalue weighted by Gasteiger charge is -2.19. The summed E-state index contributed by atoms with van der Waals surface area (Å²) in [5.41, 5.74) is 4.10. The van der Waals surface area contributed by atoms with Gasteiger partial charge in [-0.05, 0) is 43.0 Å². The lowest BCUT2D eigenvalue weighted by atomic mass is 9.96. The van der Waals surface area contributed by atoms with Gasteiger partial charge in [0, 0.05) is 6.54 Å². The Bertz CT molecular complexity index is 995. The summed E-state index contributed by atoms with van der Waals surface area (Å²) in [6.07, 6.45) is 2.22. The lowest BCUT2D eigenvalue weighted by molar-refractivity contribution is -0.155. The summed E-state index contributed by atoms with van der Waals surface area (Å²) in [5, 5.41) is 0. The van der Waals surface area contributed by atoms with Gasteiger partial charge in [0.1, 0.15) is 11.6 Å². The Morgan fingerprint density at radius 2 is 1.32 bits per heavy atom. The third kappa shape index (κ3) is 5.31. The first-order chi connectivity index (χ1) is 14.9. The van der Waals surface area contributed by atoms with E-state index in [1.165, 1.54) is 5.56 Å². The Hall–Kier alpha value is -3.17. The van der Waals surface area contributed by atoms with E-state index in [0.717, 1.165) is 16.7 Å². The van der Waals surface area contributed by atoms with Crippen LogP contribution in [0.1, 0.15) is 37.5 Å². The topological polar surface area (TPSA) is 29.3 Å². The van der Waals surface area contributed by atoms with Crippen LogP contribution in [0.2, 0.25) is 0 Å². The predicted molar refractivity (Wildman–Crippen MR) is 125 cm³/mol. The van der Waals surface area contributed by atoms with Crippen molar-refractivity contribution in [1.82, 2.24) is 4.90 Å². The number of benzene rings is 3. The zero-order valence-electron chi connectivity index (χ0n) is 18.4. The predicted octanol–water partition coefficient (Wildman–Crippen LogP) is 5.71. The van der Waals surface area contributed by atoms with Gasteiger partial charge < -0.3 is 4.74 Å². The van der Waals surface area contributed by atoms with Crippen molar-refractivity contribution in [2.75, 3.05) is 0 Å². The first-order valence-electron chi connectivity index (χ1n) is 10.8. The van der Waals surface area contributed by atoms with Crippen molar-refractivity contribution < 1.29 is 9.53 Å². The molecule has 0 radical (unpaired) electrons. The quantitative estimate of drug-likeness (QED) is 0.384. The summed E-state index contributed by atoms with van der Waals surface area (Å²) in [6, 6.07) is 30.7. The van der Waals surface area contributed by atoms with Gasteiger partial charge in [-0.2, -0.15) is 0 Å². The molecule has 3 heteroatoms. The number of hydrogen-bond acceptors (Lipinski definition) is 3. The molecule has 0 amide bonds. The van der Waals surface area contributed by atoms with Crippen LogP contribution in [0.25, 0.3) is 5.57 Å². The minimum atomic E-state index is -0.506. The molecule has 0 aromatic heterocycles. The lowest BCUT2D eigenvalue weighted by Crippen LogP contribution is -2.28. The summed E-state index contributed by atoms with van der Waals surface area (Å²) < 4.78 is 5.74. The first kappa shape index (κ1) is 21.1. The highest BCUT2D eigenvalue weighted by Crippen LogP contribution is 2.37. The molecule has 1 aliphatic heterocycles. The molecule has 0 bridgehead atoms. The largest absolute Gasteiger partial charge is 0.459 e. The molecular weight excluding hydrogens is 382 g/mol. The summed E-state index contributed by atoms with van der Waals surface area (Å²) in [4.78, 5) is 15.2. The van der Waals surface area contributed by atoms with E-state index in [9.17, 15) is 4.79 Å². The molecule has 1 unspecified atom stereocenters. The van der Waals surface area contributed by atoms with Crippen molar-refractivity contribution in [3.63, 3.8) is 0 Å². The van der Waals surface area contributed by atoms with Gasteiger partial charge in [-0.1, -0.05) is 97.1 Å². The average Bonchev–Trinajstić information content (AvgIpc) is 3.44. The Kier molecular flexibility index (Phi) is 6.06. The monoisotopic (exact) mass is 411 g/mol. The minimum Gasteiger partial charge on any atom is -0.459 e. The Labute approximate surface area is 185 Å². The van der Waals surface area contributed by atoms with Crippen LogP contribution in [0.5, 0.6) is 0 Å². The van der Waals surface area contributed by atoms with Crippen molar-refractivity contribution in [3.8, 4) is 0 Å². The van der Waals surface area contributed by atoms with Crippen LogP contribution in [-0.2, 0) is 16.1 Å². The minimum absolute atomic E-state index is 0.00883. The highest BCUT2D eigenvalue weighted by molar-refractivity contribution is 5.85. The number of nitrogens with zero attached hydrogens (tertiary/aromatic N) is 1. The standard InChI is InChI=1S/C28H29NO2/c1-28(2,3)31-27(30)26-25(29(26)20-21-13-7-4-8-14-21)19-24(22-15-9-5-10-16-22)23-17-11-6-12-18-23/h4-19,25-26H,20H2,1-3H3/t25-,26+,29?/m0/s1. The van der Waals surface area contributed by atoms with Gasteiger partial charge in [-0.3, -0.25) is 9.69 Å². The molecular formula is C28H29NO2. The van der Waals surface area contributed by atoms with Gasteiger partial charge in [0.05, 0.1) is 6.04 Å². The molecule has 1 saturated heterocycles. The molecule has 0 N–H and O–H groups in total. The van der Waals surface area contributed by atoms with Crippen molar-refractivity contribution in [1.29, 1.82) is 0 Å². The van der Waals surface area contributed by atoms with E-state index < -0.39 is 5.60 Å². The van der Waals surface area contributed by atoms with Crippen LogP contribution >= 0.6 is 0 Å². The second-order valence-corrected chi connectivity index (χ2v) is 8.94. The fraction of sp³-hybridized carbons (Fsp3) is 0.250. The maximum Gasteiger partial charge on any atom is 0.325 e. The second kappa shape index (κ2) is 8.91. The maximum absolute atomic E-state index is 13.0. The SMILES string of the molecule is CC(C)(C)OC(=O)[C@H]1[C@H](C=C(c2ccccc2)c2ccccc2)N1Cc1ccccc1. The molecule has 0 spiro atoms. The summed E-state index contributed by atoms with van der Waals surface area (Å²) in [6.45, 7) is 6.46. The molecule has 0 saturated carbocycles. The molecule has 3 aromatic carbocycles. The van der Waals surface area contributed by atoms with Crippen LogP contribution in [0.3, 0.4) is 0 Å². The van der Waals surface area contributed by atoms with E-state index in [-0.39, 0.29) is 18.1 Å². The number of carbonyl (C=O) groups is 1. The third-order valence-electron chi connectivity index (χ3n) is 5.34. The van der Waals surface area contributed by atoms with Crippen molar-refractivity contribution >= 4 is 11.5 Å². The zero-order chi connectivity index (χ0) is 21.8. The van der Waals surface area contributed by atoms with Crippen LogP contribution in [0.4, 0.5) is 0 Å². The maximum atomic E-state index is 13.0. The molecule has 4 rings (SSSR count). The van der Waals surface area contributed by atoms with Gasteiger partial charge in [0.15, 0.2) is 0 Å². The number of carbonyl (C=O) groups excluding carboxylic acids is 1. The summed E-state index contributed by atoms with van der Waals surface area (Å²) in [7, 11) is 0. The first-order valence-corrected chi connectivity index (χ1v) is 10.8. The van der Waals surface area contributed by atoms with Crippen LogP contribution in [-0.4, -0.2) is 28.6 Å². The van der Waals surface area contributed by atoms with Crippen molar-refractivity contribution in [2.45, 2.75) is 45.0 Å². The summed E-state index contributed by atoms with van der Waals surface area (Å²) in [5.74, 6) is -0.162. The van der Waals surface area contributed by atoms with Crippen molar-refractivity contribution in [3.05, 3.63) is 114 Å². The Balaban J connectivity index is 1.68. The summed E-state index contributed by atoms with van der Waals surface area (Å²) >= 11 is 0. The molecule has 1 aliphatic rings. The smallest absolute Gasteiger partial charge is 0.325 e. The highest BCUT2D eigenvalue weighted by atomic mass is 16.6. The van der Waals surface area contributed by atoms with Crippen LogP contribution in [0, 0.1) is 0 Å². The number of ether oxygens (including phenoxy) is 1. The van der Waals surface area contributed by atoms with Crippen LogP contribution < -0.4 is 0 Å². The third-order valence-corrected chi connectivity index (χ3v) is 5.34. The molecule has 3 aromatic rings.